The predicted molar refractivity (Wildman–Crippen MR) is 98.8 cm³/mol. The van der Waals surface area contributed by atoms with Crippen molar-refractivity contribution in [3.63, 3.8) is 0 Å². The molecule has 2 aromatic carbocycles. The maximum Gasteiger partial charge on any atom is 0.168 e. The molecule has 2 heteroatoms. The van der Waals surface area contributed by atoms with Gasteiger partial charge in [-0.15, -0.1) is 0 Å². The van der Waals surface area contributed by atoms with Gasteiger partial charge in [0, 0.05) is 18.3 Å². The van der Waals surface area contributed by atoms with Crippen molar-refractivity contribution in [1.29, 1.82) is 0 Å². The van der Waals surface area contributed by atoms with Gasteiger partial charge < -0.3 is 9.47 Å². The van der Waals surface area contributed by atoms with Crippen LogP contribution >= 0.6 is 0 Å². The van der Waals surface area contributed by atoms with E-state index in [1.54, 1.807) is 5.56 Å². The van der Waals surface area contributed by atoms with Gasteiger partial charge in [0.05, 0.1) is 13.2 Å². The highest BCUT2D eigenvalue weighted by Crippen LogP contribution is 2.58. The molecule has 0 N–H and O–H groups in total. The molecule has 130 valence electrons. The number of aryl methyl sites for hydroxylation is 1. The number of hydrogen-bond acceptors (Lipinski definition) is 2. The molecule has 0 amide bonds. The molecule has 1 atom stereocenters. The van der Waals surface area contributed by atoms with Crippen LogP contribution in [0.1, 0.15) is 53.9 Å². The highest BCUT2D eigenvalue weighted by Gasteiger charge is 2.53. The fourth-order valence-electron chi connectivity index (χ4n) is 5.50. The van der Waals surface area contributed by atoms with E-state index >= 15 is 0 Å². The van der Waals surface area contributed by atoms with Crippen LogP contribution in [0.3, 0.4) is 0 Å². The van der Waals surface area contributed by atoms with Crippen LogP contribution in [-0.4, -0.2) is 19.0 Å². The standard InChI is InChI=1S/C23H26O2/c1-17-6-8-18(9-7-17)21-16-19-4-2-3-5-20(19)22(21)10-12-23(13-11-22)24-14-15-25-23/h2-9,21H,10-16H2,1H3. The van der Waals surface area contributed by atoms with Crippen molar-refractivity contribution >= 4 is 0 Å². The molecule has 1 heterocycles. The van der Waals surface area contributed by atoms with E-state index in [9.17, 15) is 0 Å². The lowest BCUT2D eigenvalue weighted by molar-refractivity contribution is -0.186. The van der Waals surface area contributed by atoms with Crippen LogP contribution in [-0.2, 0) is 21.3 Å². The van der Waals surface area contributed by atoms with Crippen LogP contribution in [0.15, 0.2) is 48.5 Å². The molecular weight excluding hydrogens is 308 g/mol. The zero-order chi connectivity index (χ0) is 16.9. The summed E-state index contributed by atoms with van der Waals surface area (Å²) in [5, 5.41) is 0. The summed E-state index contributed by atoms with van der Waals surface area (Å²) in [6, 6.07) is 18.3. The third kappa shape index (κ3) is 2.38. The average molecular weight is 334 g/mol. The van der Waals surface area contributed by atoms with E-state index in [1.807, 2.05) is 0 Å². The third-order valence-electron chi connectivity index (χ3n) is 6.84. The summed E-state index contributed by atoms with van der Waals surface area (Å²) in [5.41, 5.74) is 6.19. The molecule has 25 heavy (non-hydrogen) atoms. The molecule has 1 aliphatic heterocycles. The largest absolute Gasteiger partial charge is 0.348 e. The molecular formula is C23H26O2. The summed E-state index contributed by atoms with van der Waals surface area (Å²) in [6.07, 6.45) is 5.51. The van der Waals surface area contributed by atoms with Crippen molar-refractivity contribution in [2.45, 2.75) is 56.1 Å². The van der Waals surface area contributed by atoms with E-state index in [2.05, 4.69) is 55.5 Å². The van der Waals surface area contributed by atoms with Crippen LogP contribution in [0.2, 0.25) is 0 Å². The third-order valence-corrected chi connectivity index (χ3v) is 6.84. The van der Waals surface area contributed by atoms with Crippen LogP contribution in [0.5, 0.6) is 0 Å². The summed E-state index contributed by atoms with van der Waals surface area (Å²) in [7, 11) is 0. The van der Waals surface area contributed by atoms with Crippen LogP contribution in [0.4, 0.5) is 0 Å². The first kappa shape index (κ1) is 15.6. The first-order chi connectivity index (χ1) is 12.2. The van der Waals surface area contributed by atoms with Gasteiger partial charge in [-0.2, -0.15) is 0 Å². The second-order valence-electron chi connectivity index (χ2n) is 8.09. The van der Waals surface area contributed by atoms with Crippen molar-refractivity contribution in [2.75, 3.05) is 13.2 Å². The van der Waals surface area contributed by atoms with Crippen LogP contribution < -0.4 is 0 Å². The van der Waals surface area contributed by atoms with Crippen molar-refractivity contribution in [3.8, 4) is 0 Å². The van der Waals surface area contributed by atoms with Crippen LogP contribution in [0, 0.1) is 6.92 Å². The van der Waals surface area contributed by atoms with E-state index in [-0.39, 0.29) is 11.2 Å². The summed E-state index contributed by atoms with van der Waals surface area (Å²) in [4.78, 5) is 0. The summed E-state index contributed by atoms with van der Waals surface area (Å²) < 4.78 is 12.0. The molecule has 1 saturated carbocycles. The minimum absolute atomic E-state index is 0.242. The Morgan fingerprint density at radius 1 is 0.840 bits per heavy atom. The number of benzene rings is 2. The molecule has 2 fully saturated rings. The number of hydrogen-bond donors (Lipinski definition) is 0. The van der Waals surface area contributed by atoms with Gasteiger partial charge in [0.25, 0.3) is 0 Å². The lowest BCUT2D eigenvalue weighted by Crippen LogP contribution is -2.43. The van der Waals surface area contributed by atoms with Gasteiger partial charge in [-0.25, -0.2) is 0 Å². The highest BCUT2D eigenvalue weighted by molar-refractivity contribution is 5.47. The lowest BCUT2D eigenvalue weighted by atomic mass is 9.62. The molecule has 2 spiro atoms. The molecule has 0 radical (unpaired) electrons. The molecule has 2 aliphatic carbocycles. The van der Waals surface area contributed by atoms with E-state index in [4.69, 9.17) is 9.47 Å². The molecule has 5 rings (SSSR count). The van der Waals surface area contributed by atoms with Gasteiger partial charge >= 0.3 is 0 Å². The molecule has 0 aromatic heterocycles. The van der Waals surface area contributed by atoms with Crippen molar-refractivity contribution in [3.05, 3.63) is 70.8 Å². The Morgan fingerprint density at radius 2 is 1.52 bits per heavy atom. The van der Waals surface area contributed by atoms with Gasteiger partial charge in [-0.3, -0.25) is 0 Å². The Hall–Kier alpha value is -1.64. The van der Waals surface area contributed by atoms with E-state index < -0.39 is 0 Å². The Bertz CT molecular complexity index is 761. The van der Waals surface area contributed by atoms with Gasteiger partial charge in [0.2, 0.25) is 0 Å². The quantitative estimate of drug-likeness (QED) is 0.739. The topological polar surface area (TPSA) is 18.5 Å². The lowest BCUT2D eigenvalue weighted by Gasteiger charge is -2.45. The van der Waals surface area contributed by atoms with Crippen molar-refractivity contribution < 1.29 is 9.47 Å². The maximum absolute atomic E-state index is 6.01. The van der Waals surface area contributed by atoms with E-state index in [1.165, 1.54) is 16.7 Å². The maximum atomic E-state index is 6.01. The zero-order valence-corrected chi connectivity index (χ0v) is 15.0. The monoisotopic (exact) mass is 334 g/mol. The zero-order valence-electron chi connectivity index (χ0n) is 15.0. The average Bonchev–Trinajstić information content (AvgIpc) is 3.22. The van der Waals surface area contributed by atoms with Crippen molar-refractivity contribution in [2.24, 2.45) is 0 Å². The van der Waals surface area contributed by atoms with Gasteiger partial charge in [0.15, 0.2) is 5.79 Å². The number of rotatable bonds is 1. The smallest absolute Gasteiger partial charge is 0.168 e. The first-order valence-electron chi connectivity index (χ1n) is 9.64. The Kier molecular flexibility index (Phi) is 3.55. The van der Waals surface area contributed by atoms with E-state index in [0.29, 0.717) is 5.92 Å². The SMILES string of the molecule is Cc1ccc(C2Cc3ccccc3C23CCC2(CC3)OCCO2)cc1. The first-order valence-corrected chi connectivity index (χ1v) is 9.64. The Balaban J connectivity index is 1.54. The highest BCUT2D eigenvalue weighted by atomic mass is 16.7. The van der Waals surface area contributed by atoms with Gasteiger partial charge in [-0.1, -0.05) is 54.1 Å². The summed E-state index contributed by atoms with van der Waals surface area (Å²) in [5.74, 6) is 0.282. The molecule has 2 nitrogen and oxygen atoms in total. The van der Waals surface area contributed by atoms with E-state index in [0.717, 1.165) is 45.3 Å². The normalized spacial score (nSPS) is 26.2. The fourth-order valence-corrected chi connectivity index (χ4v) is 5.50. The molecule has 1 unspecified atom stereocenters. The molecule has 2 aromatic rings. The molecule has 1 saturated heterocycles. The second kappa shape index (κ2) is 5.69. The molecule has 3 aliphatic rings. The van der Waals surface area contributed by atoms with Crippen molar-refractivity contribution in [1.82, 2.24) is 0 Å². The van der Waals surface area contributed by atoms with Gasteiger partial charge in [-0.05, 0) is 48.8 Å². The summed E-state index contributed by atoms with van der Waals surface area (Å²) >= 11 is 0. The van der Waals surface area contributed by atoms with Crippen LogP contribution in [0.25, 0.3) is 0 Å². The fraction of sp³-hybridized carbons (Fsp3) is 0.478. The molecule has 0 bridgehead atoms. The minimum Gasteiger partial charge on any atom is -0.348 e. The minimum atomic E-state index is -0.291. The summed E-state index contributed by atoms with van der Waals surface area (Å²) in [6.45, 7) is 3.68. The second-order valence-corrected chi connectivity index (χ2v) is 8.09. The Labute approximate surface area is 150 Å². The number of fused-ring (bicyclic) bond motifs is 2. The number of ether oxygens (including phenoxy) is 2. The predicted octanol–water partition coefficient (Wildman–Crippen LogP) is 4.89. The van der Waals surface area contributed by atoms with Gasteiger partial charge in [0.1, 0.15) is 0 Å². The Morgan fingerprint density at radius 3 is 2.24 bits per heavy atom.